The van der Waals surface area contributed by atoms with Crippen molar-refractivity contribution in [3.8, 4) is 11.6 Å². The van der Waals surface area contributed by atoms with Crippen molar-refractivity contribution in [3.63, 3.8) is 0 Å². The predicted molar refractivity (Wildman–Crippen MR) is 104 cm³/mol. The molecule has 144 valence electrons. The van der Waals surface area contributed by atoms with Crippen LogP contribution in [0.15, 0.2) is 54.6 Å². The lowest BCUT2D eigenvalue weighted by atomic mass is 10.0. The van der Waals surface area contributed by atoms with Gasteiger partial charge in [0.25, 0.3) is 5.91 Å². The third kappa shape index (κ3) is 4.62. The Kier molecular flexibility index (Phi) is 5.87. The minimum absolute atomic E-state index is 0.0742. The maximum absolute atomic E-state index is 12.6. The second-order valence-electron chi connectivity index (χ2n) is 5.96. The number of halogens is 2. The van der Waals surface area contributed by atoms with Gasteiger partial charge < -0.3 is 15.5 Å². The average molecular weight is 420 g/mol. The van der Waals surface area contributed by atoms with E-state index in [0.29, 0.717) is 21.3 Å². The zero-order chi connectivity index (χ0) is 20.3. The summed E-state index contributed by atoms with van der Waals surface area (Å²) in [5, 5.41) is 26.9. The smallest absolute Gasteiger partial charge is 0.305 e. The number of amides is 1. The van der Waals surface area contributed by atoms with E-state index in [-0.39, 0.29) is 18.0 Å². The lowest BCUT2D eigenvalue weighted by molar-refractivity contribution is -0.137. The first-order valence-corrected chi connectivity index (χ1v) is 8.92. The molecular formula is C19H15Cl2N3O4. The molecule has 0 radical (unpaired) electrons. The SMILES string of the molecule is O=C(O)CC(NC(=O)c1cc(O)n(-c2cccc(Cl)c2)n1)c1cccc(Cl)c1. The van der Waals surface area contributed by atoms with Crippen LogP contribution in [0.1, 0.15) is 28.5 Å². The number of carboxylic acid groups (broad SMARTS) is 1. The fourth-order valence-corrected chi connectivity index (χ4v) is 3.05. The van der Waals surface area contributed by atoms with Crippen molar-refractivity contribution in [1.82, 2.24) is 15.1 Å². The molecule has 3 aromatic rings. The van der Waals surface area contributed by atoms with E-state index in [0.717, 1.165) is 4.68 Å². The standard InChI is InChI=1S/C19H15Cl2N3O4/c20-12-4-1-3-11(7-12)15(10-18(26)27)22-19(28)16-9-17(25)24(23-16)14-6-2-5-13(21)8-14/h1-9,15,25H,10H2,(H,22,28)(H,26,27). The van der Waals surface area contributed by atoms with Crippen LogP contribution >= 0.6 is 23.2 Å². The van der Waals surface area contributed by atoms with Gasteiger partial charge in [0.2, 0.25) is 5.88 Å². The Hall–Kier alpha value is -3.03. The number of carboxylic acids is 1. The van der Waals surface area contributed by atoms with E-state index >= 15 is 0 Å². The molecule has 1 amide bonds. The van der Waals surface area contributed by atoms with Gasteiger partial charge in [-0.05, 0) is 35.9 Å². The highest BCUT2D eigenvalue weighted by atomic mass is 35.5. The largest absolute Gasteiger partial charge is 0.493 e. The molecule has 7 nitrogen and oxygen atoms in total. The summed E-state index contributed by atoms with van der Waals surface area (Å²) in [5.41, 5.74) is 0.942. The van der Waals surface area contributed by atoms with Crippen LogP contribution in [0.4, 0.5) is 0 Å². The highest BCUT2D eigenvalue weighted by Crippen LogP contribution is 2.23. The van der Waals surface area contributed by atoms with E-state index in [9.17, 15) is 14.7 Å². The van der Waals surface area contributed by atoms with Crippen LogP contribution in [0.2, 0.25) is 10.0 Å². The van der Waals surface area contributed by atoms with Gasteiger partial charge in [-0.2, -0.15) is 5.10 Å². The molecule has 1 unspecified atom stereocenters. The molecular weight excluding hydrogens is 405 g/mol. The van der Waals surface area contributed by atoms with Gasteiger partial charge in [-0.25, -0.2) is 4.68 Å². The molecule has 0 aliphatic rings. The number of rotatable bonds is 6. The third-order valence-corrected chi connectivity index (χ3v) is 4.38. The Bertz CT molecular complexity index is 1040. The van der Waals surface area contributed by atoms with Crippen LogP contribution in [0.5, 0.6) is 5.88 Å². The van der Waals surface area contributed by atoms with E-state index in [1.807, 2.05) is 0 Å². The van der Waals surface area contributed by atoms with Gasteiger partial charge in [0, 0.05) is 16.1 Å². The minimum atomic E-state index is -1.09. The number of nitrogens with zero attached hydrogens (tertiary/aromatic N) is 2. The molecule has 9 heteroatoms. The van der Waals surface area contributed by atoms with E-state index < -0.39 is 17.9 Å². The topological polar surface area (TPSA) is 104 Å². The number of hydrogen-bond acceptors (Lipinski definition) is 4. The molecule has 3 rings (SSSR count). The van der Waals surface area contributed by atoms with Gasteiger partial charge in [0.15, 0.2) is 5.69 Å². The summed E-state index contributed by atoms with van der Waals surface area (Å²) in [7, 11) is 0. The number of benzene rings is 2. The maximum atomic E-state index is 12.6. The van der Waals surface area contributed by atoms with E-state index in [1.54, 1.807) is 48.5 Å². The normalized spacial score (nSPS) is 11.8. The third-order valence-electron chi connectivity index (χ3n) is 3.91. The average Bonchev–Trinajstić information content (AvgIpc) is 3.03. The quantitative estimate of drug-likeness (QED) is 0.562. The summed E-state index contributed by atoms with van der Waals surface area (Å²) in [5.74, 6) is -1.98. The Labute approximate surface area is 170 Å². The van der Waals surface area contributed by atoms with E-state index in [2.05, 4.69) is 10.4 Å². The molecule has 1 atom stereocenters. The monoisotopic (exact) mass is 419 g/mol. The molecule has 0 fully saturated rings. The number of aliphatic carboxylic acids is 1. The minimum Gasteiger partial charge on any atom is -0.493 e. The number of carbonyl (C=O) groups is 2. The second-order valence-corrected chi connectivity index (χ2v) is 6.83. The highest BCUT2D eigenvalue weighted by molar-refractivity contribution is 6.31. The van der Waals surface area contributed by atoms with Gasteiger partial charge in [-0.15, -0.1) is 0 Å². The van der Waals surface area contributed by atoms with Crippen molar-refractivity contribution in [1.29, 1.82) is 0 Å². The van der Waals surface area contributed by atoms with Gasteiger partial charge in [-0.3, -0.25) is 9.59 Å². The lowest BCUT2D eigenvalue weighted by Gasteiger charge is -2.17. The van der Waals surface area contributed by atoms with Crippen LogP contribution in [-0.4, -0.2) is 31.9 Å². The molecule has 0 bridgehead atoms. The summed E-state index contributed by atoms with van der Waals surface area (Å²) in [6.07, 6.45) is -0.340. The Morgan fingerprint density at radius 2 is 1.75 bits per heavy atom. The van der Waals surface area contributed by atoms with Crippen LogP contribution < -0.4 is 5.32 Å². The molecule has 28 heavy (non-hydrogen) atoms. The number of aromatic hydroxyl groups is 1. The van der Waals surface area contributed by atoms with Gasteiger partial charge in [0.05, 0.1) is 18.2 Å². The molecule has 1 aromatic heterocycles. The van der Waals surface area contributed by atoms with Crippen molar-refractivity contribution < 1.29 is 19.8 Å². The Morgan fingerprint density at radius 3 is 2.39 bits per heavy atom. The highest BCUT2D eigenvalue weighted by Gasteiger charge is 2.22. The molecule has 3 N–H and O–H groups in total. The number of hydrogen-bond donors (Lipinski definition) is 3. The van der Waals surface area contributed by atoms with E-state index in [1.165, 1.54) is 6.07 Å². The Morgan fingerprint density at radius 1 is 1.07 bits per heavy atom. The molecule has 1 heterocycles. The molecule has 0 aliphatic carbocycles. The second kappa shape index (κ2) is 8.33. The fourth-order valence-electron chi connectivity index (χ4n) is 2.66. The van der Waals surface area contributed by atoms with E-state index in [4.69, 9.17) is 28.3 Å². The van der Waals surface area contributed by atoms with Crippen LogP contribution in [-0.2, 0) is 4.79 Å². The summed E-state index contributed by atoms with van der Waals surface area (Å²) < 4.78 is 1.16. The van der Waals surface area contributed by atoms with Crippen LogP contribution in [0.3, 0.4) is 0 Å². The van der Waals surface area contributed by atoms with Crippen LogP contribution in [0.25, 0.3) is 5.69 Å². The van der Waals surface area contributed by atoms with Crippen LogP contribution in [0, 0.1) is 0 Å². The predicted octanol–water partition coefficient (Wildman–Crippen LogP) is 3.83. The molecule has 2 aromatic carbocycles. The first-order chi connectivity index (χ1) is 13.3. The zero-order valence-electron chi connectivity index (χ0n) is 14.3. The first-order valence-electron chi connectivity index (χ1n) is 8.16. The maximum Gasteiger partial charge on any atom is 0.305 e. The summed E-state index contributed by atoms with van der Waals surface area (Å²) >= 11 is 11.9. The summed E-state index contributed by atoms with van der Waals surface area (Å²) in [6, 6.07) is 13.5. The van der Waals surface area contributed by atoms with Gasteiger partial charge in [0.1, 0.15) is 0 Å². The van der Waals surface area contributed by atoms with Crippen molar-refractivity contribution >= 4 is 35.1 Å². The van der Waals surface area contributed by atoms with Gasteiger partial charge in [-0.1, -0.05) is 41.4 Å². The Balaban J connectivity index is 1.86. The van der Waals surface area contributed by atoms with Crippen molar-refractivity contribution in [2.24, 2.45) is 0 Å². The molecule has 0 spiro atoms. The number of nitrogens with one attached hydrogen (secondary N) is 1. The summed E-state index contributed by atoms with van der Waals surface area (Å²) in [6.45, 7) is 0. The molecule has 0 saturated heterocycles. The fraction of sp³-hybridized carbons (Fsp3) is 0.105. The molecule has 0 saturated carbocycles. The lowest BCUT2D eigenvalue weighted by Crippen LogP contribution is -2.30. The van der Waals surface area contributed by atoms with Crippen molar-refractivity contribution in [2.75, 3.05) is 0 Å². The van der Waals surface area contributed by atoms with Gasteiger partial charge >= 0.3 is 5.97 Å². The first kappa shape index (κ1) is 19.7. The van der Waals surface area contributed by atoms with Crippen molar-refractivity contribution in [3.05, 3.63) is 75.9 Å². The summed E-state index contributed by atoms with van der Waals surface area (Å²) in [4.78, 5) is 23.8. The number of carbonyl (C=O) groups excluding carboxylic acids is 1. The van der Waals surface area contributed by atoms with Crippen molar-refractivity contribution in [2.45, 2.75) is 12.5 Å². The zero-order valence-corrected chi connectivity index (χ0v) is 15.9. The number of aromatic nitrogens is 2. The molecule has 0 aliphatic heterocycles.